The standard InChI is InChI=1S/C27H20FN3O3/c1-17-23(26(32)31(29-17)21-9-6-8-18(13-21)27(33)34)14-20-16-30(25-12-5-3-10-22(20)25)15-19-7-2-4-11-24(19)28/h2-14,16H,15H2,1H3,(H,33,34)/b23-14+. The predicted octanol–water partition coefficient (Wildman–Crippen LogP) is 5.33. The van der Waals surface area contributed by atoms with Crippen LogP contribution < -0.4 is 5.01 Å². The van der Waals surface area contributed by atoms with Crippen LogP contribution in [-0.2, 0) is 11.3 Å². The summed E-state index contributed by atoms with van der Waals surface area (Å²) in [6.45, 7) is 2.09. The van der Waals surface area contributed by atoms with Gasteiger partial charge in [0, 0.05) is 28.2 Å². The summed E-state index contributed by atoms with van der Waals surface area (Å²) in [7, 11) is 0. The van der Waals surface area contributed by atoms with Crippen molar-refractivity contribution in [1.29, 1.82) is 0 Å². The van der Waals surface area contributed by atoms with Crippen LogP contribution in [0.4, 0.5) is 10.1 Å². The Morgan fingerprint density at radius 1 is 1.06 bits per heavy atom. The van der Waals surface area contributed by atoms with Gasteiger partial charge in [-0.05, 0) is 43.3 Å². The average Bonchev–Trinajstić information content (AvgIpc) is 3.33. The number of hydrogen-bond acceptors (Lipinski definition) is 3. The summed E-state index contributed by atoms with van der Waals surface area (Å²) in [6.07, 6.45) is 3.68. The Kier molecular flexibility index (Phi) is 5.30. The van der Waals surface area contributed by atoms with Gasteiger partial charge in [-0.3, -0.25) is 4.79 Å². The predicted molar refractivity (Wildman–Crippen MR) is 129 cm³/mol. The van der Waals surface area contributed by atoms with Gasteiger partial charge in [-0.2, -0.15) is 10.1 Å². The van der Waals surface area contributed by atoms with Crippen molar-refractivity contribution in [3.05, 3.63) is 107 Å². The Bertz CT molecular complexity index is 1520. The van der Waals surface area contributed by atoms with E-state index in [2.05, 4.69) is 5.10 Å². The van der Waals surface area contributed by atoms with E-state index in [-0.39, 0.29) is 17.3 Å². The van der Waals surface area contributed by atoms with Crippen LogP contribution in [0, 0.1) is 5.82 Å². The Hall–Kier alpha value is -4.52. The maximum Gasteiger partial charge on any atom is 0.335 e. The zero-order valence-electron chi connectivity index (χ0n) is 18.3. The van der Waals surface area contributed by atoms with Crippen LogP contribution in [0.3, 0.4) is 0 Å². The molecular weight excluding hydrogens is 433 g/mol. The largest absolute Gasteiger partial charge is 0.478 e. The number of halogens is 1. The van der Waals surface area contributed by atoms with Gasteiger partial charge in [-0.1, -0.05) is 42.5 Å². The van der Waals surface area contributed by atoms with Crippen LogP contribution >= 0.6 is 0 Å². The van der Waals surface area contributed by atoms with Gasteiger partial charge in [0.15, 0.2) is 0 Å². The van der Waals surface area contributed by atoms with Crippen LogP contribution in [0.15, 0.2) is 89.7 Å². The van der Waals surface area contributed by atoms with Gasteiger partial charge in [0.2, 0.25) is 0 Å². The zero-order valence-corrected chi connectivity index (χ0v) is 18.3. The first-order chi connectivity index (χ1) is 16.4. The summed E-state index contributed by atoms with van der Waals surface area (Å²) in [5.74, 6) is -1.69. The van der Waals surface area contributed by atoms with Crippen molar-refractivity contribution >= 4 is 40.3 Å². The van der Waals surface area contributed by atoms with Crippen LogP contribution in [0.5, 0.6) is 0 Å². The number of carboxylic acids is 1. The number of carboxylic acid groups (broad SMARTS) is 1. The molecule has 1 aliphatic heterocycles. The number of carbonyl (C=O) groups is 2. The molecule has 0 atom stereocenters. The molecule has 3 aromatic carbocycles. The third-order valence-corrected chi connectivity index (χ3v) is 5.82. The molecule has 1 aliphatic rings. The lowest BCUT2D eigenvalue weighted by Crippen LogP contribution is -2.21. The highest BCUT2D eigenvalue weighted by atomic mass is 19.1. The fourth-order valence-electron chi connectivity index (χ4n) is 4.12. The first kappa shape index (κ1) is 21.3. The SMILES string of the molecule is CC1=NN(c2cccc(C(=O)O)c2)C(=O)/C1=C/c1cn(Cc2ccccc2F)c2ccccc12. The van der Waals surface area contributed by atoms with E-state index in [9.17, 15) is 19.1 Å². The number of amides is 1. The minimum atomic E-state index is -1.08. The van der Waals surface area contributed by atoms with E-state index < -0.39 is 5.97 Å². The minimum Gasteiger partial charge on any atom is -0.478 e. The van der Waals surface area contributed by atoms with E-state index in [1.807, 2.05) is 35.0 Å². The van der Waals surface area contributed by atoms with Gasteiger partial charge in [0.05, 0.1) is 29.1 Å². The summed E-state index contributed by atoms with van der Waals surface area (Å²) in [5, 5.41) is 15.8. The van der Waals surface area contributed by atoms with E-state index in [1.165, 1.54) is 23.2 Å². The number of para-hydroxylation sites is 1. The Balaban J connectivity index is 1.53. The first-order valence-corrected chi connectivity index (χ1v) is 10.7. The molecule has 0 fully saturated rings. The quantitative estimate of drug-likeness (QED) is 0.415. The van der Waals surface area contributed by atoms with Crippen molar-refractivity contribution in [2.45, 2.75) is 13.5 Å². The van der Waals surface area contributed by atoms with Gasteiger partial charge >= 0.3 is 5.97 Å². The topological polar surface area (TPSA) is 74.9 Å². The summed E-state index contributed by atoms with van der Waals surface area (Å²) in [4.78, 5) is 24.5. The summed E-state index contributed by atoms with van der Waals surface area (Å²) in [5.41, 5.74) is 3.70. The van der Waals surface area contributed by atoms with Crippen LogP contribution in [0.25, 0.3) is 17.0 Å². The molecule has 1 amide bonds. The third-order valence-electron chi connectivity index (χ3n) is 5.82. The molecule has 0 radical (unpaired) electrons. The second-order valence-corrected chi connectivity index (χ2v) is 8.04. The molecule has 34 heavy (non-hydrogen) atoms. The number of benzene rings is 3. The molecule has 0 unspecified atom stereocenters. The van der Waals surface area contributed by atoms with Gasteiger partial charge in [0.25, 0.3) is 5.91 Å². The number of hydrogen-bond donors (Lipinski definition) is 1. The van der Waals surface area contributed by atoms with Gasteiger partial charge in [-0.15, -0.1) is 0 Å². The maximum atomic E-state index is 14.3. The summed E-state index contributed by atoms with van der Waals surface area (Å²) >= 11 is 0. The fraction of sp³-hybridized carbons (Fsp3) is 0.0741. The number of anilines is 1. The lowest BCUT2D eigenvalue weighted by molar-refractivity contribution is -0.114. The summed E-state index contributed by atoms with van der Waals surface area (Å²) < 4.78 is 16.2. The van der Waals surface area contributed by atoms with Crippen molar-refractivity contribution in [3.63, 3.8) is 0 Å². The number of carbonyl (C=O) groups excluding carboxylic acids is 1. The molecule has 7 heteroatoms. The molecule has 0 bridgehead atoms. The molecule has 1 N–H and O–H groups in total. The van der Waals surface area contributed by atoms with Crippen molar-refractivity contribution < 1.29 is 19.1 Å². The molecule has 2 heterocycles. The monoisotopic (exact) mass is 453 g/mol. The number of aromatic carboxylic acids is 1. The number of nitrogens with zero attached hydrogens (tertiary/aromatic N) is 3. The smallest absolute Gasteiger partial charge is 0.335 e. The van der Waals surface area contributed by atoms with Crippen LogP contribution in [-0.4, -0.2) is 27.3 Å². The second kappa shape index (κ2) is 8.44. The Morgan fingerprint density at radius 3 is 2.62 bits per heavy atom. The number of rotatable bonds is 5. The van der Waals surface area contributed by atoms with E-state index >= 15 is 0 Å². The Labute approximate surface area is 194 Å². The molecule has 5 rings (SSSR count). The molecule has 0 saturated carbocycles. The molecule has 0 aliphatic carbocycles. The Morgan fingerprint density at radius 2 is 1.82 bits per heavy atom. The molecule has 168 valence electrons. The highest BCUT2D eigenvalue weighted by Crippen LogP contribution is 2.29. The fourth-order valence-corrected chi connectivity index (χ4v) is 4.12. The van der Waals surface area contributed by atoms with Crippen LogP contribution in [0.1, 0.15) is 28.4 Å². The number of aromatic nitrogens is 1. The highest BCUT2D eigenvalue weighted by Gasteiger charge is 2.29. The lowest BCUT2D eigenvalue weighted by atomic mass is 10.1. The van der Waals surface area contributed by atoms with E-state index in [1.54, 1.807) is 43.3 Å². The summed E-state index contributed by atoms with van der Waals surface area (Å²) in [6, 6.07) is 20.5. The van der Waals surface area contributed by atoms with E-state index in [4.69, 9.17) is 0 Å². The molecule has 4 aromatic rings. The zero-order chi connectivity index (χ0) is 23.8. The molecule has 0 saturated heterocycles. The minimum absolute atomic E-state index is 0.0757. The first-order valence-electron chi connectivity index (χ1n) is 10.7. The number of fused-ring (bicyclic) bond motifs is 1. The van der Waals surface area contributed by atoms with Crippen molar-refractivity contribution in [2.24, 2.45) is 5.10 Å². The third kappa shape index (κ3) is 3.77. The van der Waals surface area contributed by atoms with Crippen LogP contribution in [0.2, 0.25) is 0 Å². The molecule has 1 aromatic heterocycles. The van der Waals surface area contributed by atoms with Gasteiger partial charge in [-0.25, -0.2) is 9.18 Å². The van der Waals surface area contributed by atoms with Gasteiger partial charge in [0.1, 0.15) is 5.82 Å². The van der Waals surface area contributed by atoms with Crippen molar-refractivity contribution in [1.82, 2.24) is 4.57 Å². The lowest BCUT2D eigenvalue weighted by Gasteiger charge is -2.12. The molecular formula is C27H20FN3O3. The van der Waals surface area contributed by atoms with E-state index in [0.717, 1.165) is 16.5 Å². The average molecular weight is 453 g/mol. The van der Waals surface area contributed by atoms with Crippen molar-refractivity contribution in [2.75, 3.05) is 5.01 Å². The normalized spacial score (nSPS) is 14.8. The number of hydrazone groups is 1. The highest BCUT2D eigenvalue weighted by molar-refractivity contribution is 6.32. The second-order valence-electron chi connectivity index (χ2n) is 8.04. The molecule has 0 spiro atoms. The van der Waals surface area contributed by atoms with E-state index in [0.29, 0.717) is 29.1 Å². The maximum absolute atomic E-state index is 14.3. The molecule has 6 nitrogen and oxygen atoms in total. The van der Waals surface area contributed by atoms with Crippen molar-refractivity contribution in [3.8, 4) is 0 Å². The van der Waals surface area contributed by atoms with Gasteiger partial charge < -0.3 is 9.67 Å².